The standard InChI is InChI=1S/C23H20N2O5/c1-14-19(22(27)25(10-11-29-3)23(28)20(14)13-24)12-18-8-9-21(30-18)17-6-4-16(5-7-17)15(2)26/h4-9,12H,10-11H2,1-3H3. The number of imide groups is 1. The summed E-state index contributed by atoms with van der Waals surface area (Å²) in [5.74, 6) is -0.182. The lowest BCUT2D eigenvalue weighted by Crippen LogP contribution is -2.44. The van der Waals surface area contributed by atoms with Crippen molar-refractivity contribution in [3.63, 3.8) is 0 Å². The highest BCUT2D eigenvalue weighted by Crippen LogP contribution is 2.29. The van der Waals surface area contributed by atoms with Gasteiger partial charge >= 0.3 is 0 Å². The Hall–Kier alpha value is -3.76. The minimum atomic E-state index is -0.625. The predicted molar refractivity (Wildman–Crippen MR) is 109 cm³/mol. The molecule has 1 aliphatic rings. The molecule has 0 atom stereocenters. The normalized spacial score (nSPS) is 15.7. The molecule has 30 heavy (non-hydrogen) atoms. The molecule has 0 bridgehead atoms. The zero-order valence-electron chi connectivity index (χ0n) is 16.9. The molecule has 1 aliphatic heterocycles. The molecule has 1 aromatic heterocycles. The van der Waals surface area contributed by atoms with E-state index in [4.69, 9.17) is 9.15 Å². The van der Waals surface area contributed by atoms with E-state index in [1.807, 2.05) is 6.07 Å². The first-order valence-electron chi connectivity index (χ1n) is 9.26. The van der Waals surface area contributed by atoms with E-state index < -0.39 is 11.8 Å². The van der Waals surface area contributed by atoms with Crippen molar-refractivity contribution in [1.29, 1.82) is 5.26 Å². The largest absolute Gasteiger partial charge is 0.457 e. The molecular formula is C23H20N2O5. The van der Waals surface area contributed by atoms with Crippen molar-refractivity contribution in [2.24, 2.45) is 0 Å². The Labute approximate surface area is 173 Å². The summed E-state index contributed by atoms with van der Waals surface area (Å²) in [5, 5.41) is 9.39. The number of hydrogen-bond donors (Lipinski definition) is 0. The van der Waals surface area contributed by atoms with Crippen molar-refractivity contribution in [3.05, 3.63) is 64.4 Å². The molecule has 0 aliphatic carbocycles. The molecule has 7 nitrogen and oxygen atoms in total. The number of amides is 2. The van der Waals surface area contributed by atoms with E-state index >= 15 is 0 Å². The van der Waals surface area contributed by atoms with Gasteiger partial charge in [0.25, 0.3) is 11.8 Å². The van der Waals surface area contributed by atoms with Crippen LogP contribution in [0, 0.1) is 11.3 Å². The van der Waals surface area contributed by atoms with Crippen molar-refractivity contribution in [2.45, 2.75) is 13.8 Å². The van der Waals surface area contributed by atoms with Crippen LogP contribution in [0.2, 0.25) is 0 Å². The van der Waals surface area contributed by atoms with E-state index in [1.54, 1.807) is 43.3 Å². The zero-order chi connectivity index (χ0) is 21.8. The minimum Gasteiger partial charge on any atom is -0.457 e. The maximum absolute atomic E-state index is 12.9. The predicted octanol–water partition coefficient (Wildman–Crippen LogP) is 3.39. The highest BCUT2D eigenvalue weighted by molar-refractivity contribution is 6.19. The summed E-state index contributed by atoms with van der Waals surface area (Å²) in [6, 6.07) is 12.3. The second kappa shape index (κ2) is 8.72. The molecule has 3 rings (SSSR count). The van der Waals surface area contributed by atoms with Crippen LogP contribution in [0.1, 0.15) is 30.0 Å². The fourth-order valence-corrected chi connectivity index (χ4v) is 3.11. The van der Waals surface area contributed by atoms with Gasteiger partial charge in [-0.2, -0.15) is 5.26 Å². The second-order valence-corrected chi connectivity index (χ2v) is 6.76. The van der Waals surface area contributed by atoms with Crippen LogP contribution in [0.3, 0.4) is 0 Å². The fourth-order valence-electron chi connectivity index (χ4n) is 3.11. The van der Waals surface area contributed by atoms with Gasteiger partial charge in [-0.05, 0) is 37.6 Å². The first-order chi connectivity index (χ1) is 14.4. The van der Waals surface area contributed by atoms with Gasteiger partial charge in [-0.15, -0.1) is 0 Å². The molecule has 0 saturated carbocycles. The molecule has 0 unspecified atom stereocenters. The highest BCUT2D eigenvalue weighted by Gasteiger charge is 2.35. The summed E-state index contributed by atoms with van der Waals surface area (Å²) in [7, 11) is 1.47. The maximum Gasteiger partial charge on any atom is 0.271 e. The number of benzene rings is 1. The molecule has 2 heterocycles. The first kappa shape index (κ1) is 21.0. The molecule has 0 radical (unpaired) electrons. The van der Waals surface area contributed by atoms with Crippen LogP contribution < -0.4 is 0 Å². The van der Waals surface area contributed by atoms with E-state index in [-0.39, 0.29) is 30.1 Å². The lowest BCUT2D eigenvalue weighted by Gasteiger charge is -2.26. The highest BCUT2D eigenvalue weighted by atomic mass is 16.5. The second-order valence-electron chi connectivity index (χ2n) is 6.76. The third-order valence-electron chi connectivity index (χ3n) is 4.83. The SMILES string of the molecule is COCCN1C(=O)C(=Cc2ccc(-c3ccc(C(C)=O)cc3)o2)C(C)=C(C#N)C1=O. The fraction of sp³-hybridized carbons (Fsp3) is 0.217. The van der Waals surface area contributed by atoms with Gasteiger partial charge in [-0.3, -0.25) is 19.3 Å². The summed E-state index contributed by atoms with van der Waals surface area (Å²) < 4.78 is 10.8. The van der Waals surface area contributed by atoms with Crippen molar-refractivity contribution in [3.8, 4) is 17.4 Å². The van der Waals surface area contributed by atoms with Crippen LogP contribution in [0.15, 0.2) is 57.5 Å². The number of nitriles is 1. The third-order valence-corrected chi connectivity index (χ3v) is 4.83. The molecule has 0 fully saturated rings. The van der Waals surface area contributed by atoms with Gasteiger partial charge in [0.2, 0.25) is 0 Å². The maximum atomic E-state index is 12.9. The monoisotopic (exact) mass is 404 g/mol. The van der Waals surface area contributed by atoms with Crippen LogP contribution in [-0.4, -0.2) is 42.8 Å². The zero-order valence-corrected chi connectivity index (χ0v) is 16.9. The molecule has 7 heteroatoms. The lowest BCUT2D eigenvalue weighted by molar-refractivity contribution is -0.141. The van der Waals surface area contributed by atoms with Crippen LogP contribution in [0.25, 0.3) is 17.4 Å². The molecule has 152 valence electrons. The van der Waals surface area contributed by atoms with Gasteiger partial charge in [0.05, 0.1) is 13.2 Å². The van der Waals surface area contributed by atoms with E-state index in [9.17, 15) is 19.6 Å². The van der Waals surface area contributed by atoms with Gasteiger partial charge in [0, 0.05) is 23.8 Å². The van der Waals surface area contributed by atoms with Crippen LogP contribution in [0.4, 0.5) is 0 Å². The number of ether oxygens (including phenoxy) is 1. The van der Waals surface area contributed by atoms with Gasteiger partial charge in [-0.1, -0.05) is 24.3 Å². The molecule has 0 saturated heterocycles. The summed E-state index contributed by atoms with van der Waals surface area (Å²) >= 11 is 0. The Morgan fingerprint density at radius 1 is 1.17 bits per heavy atom. The van der Waals surface area contributed by atoms with E-state index in [0.29, 0.717) is 22.7 Å². The Morgan fingerprint density at radius 2 is 1.87 bits per heavy atom. The summed E-state index contributed by atoms with van der Waals surface area (Å²) in [4.78, 5) is 37.7. The van der Waals surface area contributed by atoms with Crippen LogP contribution in [0.5, 0.6) is 0 Å². The van der Waals surface area contributed by atoms with Crippen molar-refractivity contribution >= 4 is 23.7 Å². The van der Waals surface area contributed by atoms with Crippen molar-refractivity contribution in [2.75, 3.05) is 20.3 Å². The van der Waals surface area contributed by atoms with Crippen LogP contribution >= 0.6 is 0 Å². The number of nitrogens with zero attached hydrogens (tertiary/aromatic N) is 2. The molecular weight excluding hydrogens is 384 g/mol. The smallest absolute Gasteiger partial charge is 0.271 e. The van der Waals surface area contributed by atoms with Gasteiger partial charge in [-0.25, -0.2) is 0 Å². The van der Waals surface area contributed by atoms with E-state index in [1.165, 1.54) is 20.1 Å². The molecule has 1 aromatic carbocycles. The molecule has 2 aromatic rings. The van der Waals surface area contributed by atoms with Gasteiger partial charge < -0.3 is 9.15 Å². The van der Waals surface area contributed by atoms with Crippen molar-refractivity contribution < 1.29 is 23.5 Å². The Bertz CT molecular complexity index is 1110. The van der Waals surface area contributed by atoms with Gasteiger partial charge in [0.1, 0.15) is 23.2 Å². The van der Waals surface area contributed by atoms with E-state index in [2.05, 4.69) is 0 Å². The average Bonchev–Trinajstić information content (AvgIpc) is 3.20. The molecule has 2 amide bonds. The van der Waals surface area contributed by atoms with Crippen molar-refractivity contribution in [1.82, 2.24) is 4.90 Å². The number of hydrogen-bond acceptors (Lipinski definition) is 6. The third kappa shape index (κ3) is 4.00. The quantitative estimate of drug-likeness (QED) is 0.416. The van der Waals surface area contributed by atoms with Crippen LogP contribution in [-0.2, 0) is 14.3 Å². The Balaban J connectivity index is 1.96. The number of furan rings is 1. The number of ketones is 1. The molecule has 0 N–H and O–H groups in total. The van der Waals surface area contributed by atoms with Gasteiger partial charge in [0.15, 0.2) is 5.78 Å². The summed E-state index contributed by atoms with van der Waals surface area (Å²) in [5.41, 5.74) is 1.83. The number of carbonyl (C=O) groups excluding carboxylic acids is 3. The summed E-state index contributed by atoms with van der Waals surface area (Å²) in [6.45, 7) is 3.29. The summed E-state index contributed by atoms with van der Waals surface area (Å²) in [6.07, 6.45) is 1.52. The average molecular weight is 404 g/mol. The molecule has 0 spiro atoms. The number of carbonyl (C=O) groups is 3. The number of Topliss-reactive ketones (excluding diaryl/α,β-unsaturated/α-hetero) is 1. The Morgan fingerprint density at radius 3 is 2.47 bits per heavy atom. The first-order valence-corrected chi connectivity index (χ1v) is 9.26. The topological polar surface area (TPSA) is 101 Å². The van der Waals surface area contributed by atoms with E-state index in [0.717, 1.165) is 10.5 Å². The Kier molecular flexibility index (Phi) is 6.09. The lowest BCUT2D eigenvalue weighted by atomic mass is 9.95. The number of rotatable bonds is 6. The minimum absolute atomic E-state index is 0.0228. The number of methoxy groups -OCH3 is 1.